The Balaban J connectivity index is 1.56. The molecule has 3 aromatic rings. The Morgan fingerprint density at radius 2 is 1.96 bits per heavy atom. The van der Waals surface area contributed by atoms with Crippen LogP contribution < -0.4 is 14.9 Å². The van der Waals surface area contributed by atoms with Gasteiger partial charge in [-0.2, -0.15) is 10.2 Å². The van der Waals surface area contributed by atoms with Crippen LogP contribution in [0, 0.1) is 10.1 Å². The predicted molar refractivity (Wildman–Crippen MR) is 95.7 cm³/mol. The molecule has 27 heavy (non-hydrogen) atoms. The molecule has 0 amide bonds. The van der Waals surface area contributed by atoms with Crippen LogP contribution in [0.5, 0.6) is 11.5 Å². The van der Waals surface area contributed by atoms with Crippen LogP contribution in [0.2, 0.25) is 0 Å². The highest BCUT2D eigenvalue weighted by molar-refractivity contribution is 5.87. The summed E-state index contributed by atoms with van der Waals surface area (Å²) < 4.78 is 10.4. The third-order valence-electron chi connectivity index (χ3n) is 3.72. The summed E-state index contributed by atoms with van der Waals surface area (Å²) in [5.41, 5.74) is 4.23. The van der Waals surface area contributed by atoms with Crippen molar-refractivity contribution in [3.8, 4) is 22.8 Å². The molecule has 0 bridgehead atoms. The van der Waals surface area contributed by atoms with E-state index >= 15 is 0 Å². The van der Waals surface area contributed by atoms with Crippen LogP contribution in [0.25, 0.3) is 11.3 Å². The van der Waals surface area contributed by atoms with Crippen molar-refractivity contribution in [3.63, 3.8) is 0 Å². The molecular weight excluding hydrogens is 352 g/mol. The van der Waals surface area contributed by atoms with Gasteiger partial charge in [0.15, 0.2) is 11.5 Å². The third kappa shape index (κ3) is 3.49. The average Bonchev–Trinajstić information content (AvgIpc) is 3.16. The van der Waals surface area contributed by atoms with E-state index in [1.54, 1.807) is 0 Å². The standard InChI is InChI=1S/C17H12N6O4/c24-23(25)14-7-16-15(26-10-27-16)6-12(14)8-18-21-17-20-13(9-19-22-17)11-4-2-1-3-5-11/h1-9H,10H2,(H,20,21,22)/b18-8-. The Kier molecular flexibility index (Phi) is 4.27. The van der Waals surface area contributed by atoms with E-state index in [-0.39, 0.29) is 24.0 Å². The van der Waals surface area contributed by atoms with Gasteiger partial charge >= 0.3 is 0 Å². The molecule has 1 aliphatic rings. The van der Waals surface area contributed by atoms with Gasteiger partial charge in [0.1, 0.15) is 0 Å². The van der Waals surface area contributed by atoms with Crippen LogP contribution >= 0.6 is 0 Å². The van der Waals surface area contributed by atoms with Gasteiger partial charge in [0, 0.05) is 5.56 Å². The van der Waals surface area contributed by atoms with Crippen molar-refractivity contribution >= 4 is 17.9 Å². The van der Waals surface area contributed by atoms with Gasteiger partial charge in [-0.15, -0.1) is 5.10 Å². The molecule has 4 rings (SSSR count). The molecule has 0 atom stereocenters. The summed E-state index contributed by atoms with van der Waals surface area (Å²) in [5, 5.41) is 23.0. The number of benzene rings is 2. The summed E-state index contributed by atoms with van der Waals surface area (Å²) in [4.78, 5) is 15.0. The molecule has 0 unspecified atom stereocenters. The van der Waals surface area contributed by atoms with Gasteiger partial charge < -0.3 is 9.47 Å². The second-order valence-corrected chi connectivity index (χ2v) is 5.42. The van der Waals surface area contributed by atoms with Crippen LogP contribution in [0.15, 0.2) is 53.8 Å². The number of hydrogen-bond acceptors (Lipinski definition) is 9. The lowest BCUT2D eigenvalue weighted by atomic mass is 10.1. The van der Waals surface area contributed by atoms with E-state index in [1.807, 2.05) is 30.3 Å². The van der Waals surface area contributed by atoms with Crippen molar-refractivity contribution in [2.24, 2.45) is 5.10 Å². The molecule has 1 N–H and O–H groups in total. The first-order valence-corrected chi connectivity index (χ1v) is 7.83. The maximum Gasteiger partial charge on any atom is 0.282 e. The Bertz CT molecular complexity index is 1030. The maximum atomic E-state index is 11.2. The molecule has 0 radical (unpaired) electrons. The van der Waals surface area contributed by atoms with Crippen LogP contribution in [-0.4, -0.2) is 33.1 Å². The molecule has 1 aromatic heterocycles. The molecule has 0 spiro atoms. The number of anilines is 1. The van der Waals surface area contributed by atoms with E-state index in [1.165, 1.54) is 24.5 Å². The fraction of sp³-hybridized carbons (Fsp3) is 0.0588. The van der Waals surface area contributed by atoms with E-state index in [2.05, 4.69) is 25.7 Å². The number of nitrogens with zero attached hydrogens (tertiary/aromatic N) is 5. The highest BCUT2D eigenvalue weighted by Gasteiger charge is 2.22. The topological polar surface area (TPSA) is 125 Å². The van der Waals surface area contributed by atoms with E-state index in [0.717, 1.165) is 5.56 Å². The molecule has 134 valence electrons. The van der Waals surface area contributed by atoms with Crippen LogP contribution in [0.3, 0.4) is 0 Å². The summed E-state index contributed by atoms with van der Waals surface area (Å²) in [7, 11) is 0. The van der Waals surface area contributed by atoms with Crippen molar-refractivity contribution in [2.75, 3.05) is 12.2 Å². The van der Waals surface area contributed by atoms with E-state index < -0.39 is 4.92 Å². The highest BCUT2D eigenvalue weighted by Crippen LogP contribution is 2.37. The molecule has 10 nitrogen and oxygen atoms in total. The van der Waals surface area contributed by atoms with Crippen molar-refractivity contribution in [1.82, 2.24) is 15.2 Å². The molecule has 0 saturated heterocycles. The van der Waals surface area contributed by atoms with Crippen molar-refractivity contribution in [3.05, 3.63) is 64.3 Å². The van der Waals surface area contributed by atoms with E-state index in [4.69, 9.17) is 9.47 Å². The summed E-state index contributed by atoms with van der Waals surface area (Å²) in [6.45, 7) is 0.0249. The lowest BCUT2D eigenvalue weighted by Crippen LogP contribution is -2.01. The minimum Gasteiger partial charge on any atom is -0.454 e. The molecule has 0 aliphatic carbocycles. The molecule has 2 heterocycles. The van der Waals surface area contributed by atoms with Crippen LogP contribution in [0.1, 0.15) is 5.56 Å². The van der Waals surface area contributed by atoms with Gasteiger partial charge in [-0.1, -0.05) is 30.3 Å². The number of nitrogens with one attached hydrogen (secondary N) is 1. The first-order valence-electron chi connectivity index (χ1n) is 7.83. The third-order valence-corrected chi connectivity index (χ3v) is 3.72. The maximum absolute atomic E-state index is 11.2. The van der Waals surface area contributed by atoms with Gasteiger partial charge in [-0.05, 0) is 6.07 Å². The lowest BCUT2D eigenvalue weighted by molar-refractivity contribution is -0.385. The van der Waals surface area contributed by atoms with Gasteiger partial charge in [0.2, 0.25) is 6.79 Å². The number of rotatable bonds is 5. The van der Waals surface area contributed by atoms with Crippen LogP contribution in [0.4, 0.5) is 11.6 Å². The van der Waals surface area contributed by atoms with E-state index in [9.17, 15) is 10.1 Å². The smallest absolute Gasteiger partial charge is 0.282 e. The summed E-state index contributed by atoms with van der Waals surface area (Å²) in [5.74, 6) is 0.914. The zero-order valence-corrected chi connectivity index (χ0v) is 13.8. The number of hydrazone groups is 1. The predicted octanol–water partition coefficient (Wildman–Crippen LogP) is 2.62. The number of fused-ring (bicyclic) bond motifs is 1. The first kappa shape index (κ1) is 16.4. The molecule has 2 aromatic carbocycles. The Morgan fingerprint density at radius 1 is 1.19 bits per heavy atom. The molecule has 1 aliphatic heterocycles. The average molecular weight is 364 g/mol. The Labute approximate surface area is 152 Å². The monoisotopic (exact) mass is 364 g/mol. The second kappa shape index (κ2) is 7.04. The quantitative estimate of drug-likeness (QED) is 0.416. The summed E-state index contributed by atoms with van der Waals surface area (Å²) in [6, 6.07) is 12.3. The fourth-order valence-electron chi connectivity index (χ4n) is 2.47. The summed E-state index contributed by atoms with van der Waals surface area (Å²) >= 11 is 0. The molecular formula is C17H12N6O4. The second-order valence-electron chi connectivity index (χ2n) is 5.42. The lowest BCUT2D eigenvalue weighted by Gasteiger charge is -2.02. The van der Waals surface area contributed by atoms with Gasteiger partial charge in [0.05, 0.1) is 34.7 Å². The Morgan fingerprint density at radius 3 is 2.74 bits per heavy atom. The molecule has 10 heteroatoms. The fourth-order valence-corrected chi connectivity index (χ4v) is 2.47. The Hall–Kier alpha value is -4.08. The number of hydrogen-bond donors (Lipinski definition) is 1. The van der Waals surface area contributed by atoms with Crippen molar-refractivity contribution < 1.29 is 14.4 Å². The number of nitro benzene ring substituents is 1. The van der Waals surface area contributed by atoms with Gasteiger partial charge in [0.25, 0.3) is 11.6 Å². The first-order chi connectivity index (χ1) is 13.2. The zero-order valence-electron chi connectivity index (χ0n) is 13.8. The number of ether oxygens (including phenoxy) is 2. The minimum atomic E-state index is -0.516. The minimum absolute atomic E-state index is 0.0249. The van der Waals surface area contributed by atoms with E-state index in [0.29, 0.717) is 17.2 Å². The highest BCUT2D eigenvalue weighted by atomic mass is 16.7. The largest absolute Gasteiger partial charge is 0.454 e. The normalized spacial score (nSPS) is 12.3. The SMILES string of the molecule is O=[N+]([O-])c1cc2c(cc1/C=N\Nc1nncc(-c3ccccc3)n1)OCO2. The van der Waals surface area contributed by atoms with Crippen LogP contribution in [-0.2, 0) is 0 Å². The van der Waals surface area contributed by atoms with Crippen molar-refractivity contribution in [1.29, 1.82) is 0 Å². The zero-order chi connectivity index (χ0) is 18.6. The molecule has 0 saturated carbocycles. The number of aromatic nitrogens is 3. The molecule has 0 fully saturated rings. The number of nitro groups is 1. The van der Waals surface area contributed by atoms with Gasteiger partial charge in [-0.3, -0.25) is 10.1 Å². The summed E-state index contributed by atoms with van der Waals surface area (Å²) in [6.07, 6.45) is 2.82. The van der Waals surface area contributed by atoms with Gasteiger partial charge in [-0.25, -0.2) is 10.4 Å². The van der Waals surface area contributed by atoms with Crippen molar-refractivity contribution in [2.45, 2.75) is 0 Å².